The Morgan fingerprint density at radius 3 is 2.76 bits per heavy atom. The van der Waals surface area contributed by atoms with Gasteiger partial charge in [-0.25, -0.2) is 9.78 Å². The highest BCUT2D eigenvalue weighted by Gasteiger charge is 2.37. The lowest BCUT2D eigenvalue weighted by atomic mass is 9.90. The summed E-state index contributed by atoms with van der Waals surface area (Å²) in [6.07, 6.45) is 2.22. The van der Waals surface area contributed by atoms with Crippen LogP contribution in [-0.4, -0.2) is 42.5 Å². The Hall–Kier alpha value is -1.93. The summed E-state index contributed by atoms with van der Waals surface area (Å²) in [4.78, 5) is 28.6. The molecule has 1 aliphatic heterocycles. The lowest BCUT2D eigenvalue weighted by Gasteiger charge is -2.38. The summed E-state index contributed by atoms with van der Waals surface area (Å²) in [5, 5.41) is 13.7. The van der Waals surface area contributed by atoms with Crippen LogP contribution in [0.15, 0.2) is 15.9 Å². The van der Waals surface area contributed by atoms with E-state index in [9.17, 15) is 14.7 Å². The smallest absolute Gasteiger partial charge is 0.332 e. The molecular weight excluding hydrogens is 274 g/mol. The zero-order chi connectivity index (χ0) is 15.4. The summed E-state index contributed by atoms with van der Waals surface area (Å²) in [5.74, 6) is 0. The van der Waals surface area contributed by atoms with Crippen molar-refractivity contribution >= 4 is 11.2 Å². The quantitative estimate of drug-likeness (QED) is 0.683. The number of β-amino-alcohol motifs (C(OH)–C–C–N with tert-alkyl or cyclic N) is 1. The maximum absolute atomic E-state index is 12.4. The van der Waals surface area contributed by atoms with E-state index in [1.54, 1.807) is 18.5 Å². The molecule has 8 heteroatoms. The van der Waals surface area contributed by atoms with Gasteiger partial charge < -0.3 is 15.0 Å². The topological polar surface area (TPSA) is 94.1 Å². The number of imidazole rings is 1. The van der Waals surface area contributed by atoms with Gasteiger partial charge >= 0.3 is 5.69 Å². The van der Waals surface area contributed by atoms with Crippen molar-refractivity contribution in [1.29, 1.82) is 0 Å². The minimum Gasteiger partial charge on any atom is -0.387 e. The SMILES string of the molecule is Cn1c(=O)c2c(ncn2[C@@H]2CCNC[C@@]2(C)O)n(C)c1=O. The third-order valence-electron chi connectivity index (χ3n) is 4.30. The number of hydrogen-bond donors (Lipinski definition) is 2. The van der Waals surface area contributed by atoms with Crippen LogP contribution in [0.25, 0.3) is 11.2 Å². The molecule has 0 radical (unpaired) electrons. The van der Waals surface area contributed by atoms with Crippen LogP contribution >= 0.6 is 0 Å². The second kappa shape index (κ2) is 4.54. The molecule has 114 valence electrons. The van der Waals surface area contributed by atoms with Gasteiger partial charge in [-0.2, -0.15) is 0 Å². The number of nitrogens with zero attached hydrogens (tertiary/aromatic N) is 4. The summed E-state index contributed by atoms with van der Waals surface area (Å²) < 4.78 is 4.12. The molecule has 1 fully saturated rings. The van der Waals surface area contributed by atoms with Crippen LogP contribution in [0, 0.1) is 0 Å². The largest absolute Gasteiger partial charge is 0.387 e. The van der Waals surface area contributed by atoms with Crippen LogP contribution in [0.2, 0.25) is 0 Å². The van der Waals surface area contributed by atoms with E-state index in [0.717, 1.165) is 11.1 Å². The van der Waals surface area contributed by atoms with E-state index in [2.05, 4.69) is 10.3 Å². The number of nitrogens with one attached hydrogen (secondary N) is 1. The Morgan fingerprint density at radius 2 is 2.10 bits per heavy atom. The van der Waals surface area contributed by atoms with Crippen LogP contribution in [0.1, 0.15) is 19.4 Å². The van der Waals surface area contributed by atoms with Crippen molar-refractivity contribution in [2.24, 2.45) is 14.1 Å². The normalized spacial score (nSPS) is 26.4. The van der Waals surface area contributed by atoms with Crippen molar-refractivity contribution in [3.8, 4) is 0 Å². The summed E-state index contributed by atoms with van der Waals surface area (Å²) in [7, 11) is 3.03. The maximum Gasteiger partial charge on any atom is 0.332 e. The Balaban J connectivity index is 2.31. The molecule has 0 saturated carbocycles. The Morgan fingerprint density at radius 1 is 1.38 bits per heavy atom. The molecule has 3 heterocycles. The van der Waals surface area contributed by atoms with Crippen molar-refractivity contribution in [3.63, 3.8) is 0 Å². The number of aryl methyl sites for hydroxylation is 1. The molecule has 2 atom stereocenters. The van der Waals surface area contributed by atoms with Gasteiger partial charge in [-0.3, -0.25) is 13.9 Å². The first-order valence-corrected chi connectivity index (χ1v) is 6.90. The Bertz CT molecular complexity index is 814. The standard InChI is InChI=1S/C13H19N5O3/c1-13(21)6-14-5-4-8(13)18-7-15-10-9(18)11(19)17(3)12(20)16(10)2/h7-8,14,21H,4-6H2,1-3H3/t8-,13-/m1/s1. The van der Waals surface area contributed by atoms with Gasteiger partial charge in [-0.1, -0.05) is 0 Å². The fourth-order valence-corrected chi connectivity index (χ4v) is 3.05. The molecule has 0 bridgehead atoms. The van der Waals surface area contributed by atoms with Crippen LogP contribution in [0.3, 0.4) is 0 Å². The van der Waals surface area contributed by atoms with Crippen molar-refractivity contribution in [2.45, 2.75) is 25.0 Å². The highest BCUT2D eigenvalue weighted by Crippen LogP contribution is 2.30. The minimum atomic E-state index is -0.981. The van der Waals surface area contributed by atoms with Gasteiger partial charge in [0, 0.05) is 20.6 Å². The summed E-state index contributed by atoms with van der Waals surface area (Å²) in [6, 6.07) is -0.256. The molecule has 0 unspecified atom stereocenters. The van der Waals surface area contributed by atoms with Crippen LogP contribution < -0.4 is 16.6 Å². The number of aromatic nitrogens is 4. The maximum atomic E-state index is 12.4. The van der Waals surface area contributed by atoms with Crippen molar-refractivity contribution in [3.05, 3.63) is 27.2 Å². The molecule has 1 saturated heterocycles. The number of fused-ring (bicyclic) bond motifs is 1. The molecule has 2 aromatic rings. The monoisotopic (exact) mass is 293 g/mol. The first kappa shape index (κ1) is 14.0. The minimum absolute atomic E-state index is 0.256. The Labute approximate surface area is 120 Å². The molecule has 0 aliphatic carbocycles. The van der Waals surface area contributed by atoms with Gasteiger partial charge in [0.25, 0.3) is 5.56 Å². The number of rotatable bonds is 1. The number of hydrogen-bond acceptors (Lipinski definition) is 5. The third-order valence-corrected chi connectivity index (χ3v) is 4.30. The van der Waals surface area contributed by atoms with Crippen molar-refractivity contribution < 1.29 is 5.11 Å². The van der Waals surface area contributed by atoms with Gasteiger partial charge in [-0.05, 0) is 19.9 Å². The third kappa shape index (κ3) is 1.94. The zero-order valence-electron chi connectivity index (χ0n) is 12.3. The van der Waals surface area contributed by atoms with E-state index < -0.39 is 11.3 Å². The fourth-order valence-electron chi connectivity index (χ4n) is 3.05. The lowest BCUT2D eigenvalue weighted by Crippen LogP contribution is -2.51. The average molecular weight is 293 g/mol. The van der Waals surface area contributed by atoms with Crippen molar-refractivity contribution in [2.75, 3.05) is 13.1 Å². The molecule has 2 aromatic heterocycles. The van der Waals surface area contributed by atoms with E-state index >= 15 is 0 Å². The molecular formula is C13H19N5O3. The number of piperidine rings is 1. The lowest BCUT2D eigenvalue weighted by molar-refractivity contribution is -0.0114. The van der Waals surface area contributed by atoms with Crippen LogP contribution in [0.4, 0.5) is 0 Å². The molecule has 1 aliphatic rings. The van der Waals surface area contributed by atoms with Gasteiger partial charge in [-0.15, -0.1) is 0 Å². The molecule has 3 rings (SSSR count). The molecule has 0 spiro atoms. The van der Waals surface area contributed by atoms with Crippen LogP contribution in [0.5, 0.6) is 0 Å². The zero-order valence-corrected chi connectivity index (χ0v) is 12.3. The first-order valence-electron chi connectivity index (χ1n) is 6.90. The second-order valence-corrected chi connectivity index (χ2v) is 5.87. The predicted molar refractivity (Wildman–Crippen MR) is 77.4 cm³/mol. The number of aliphatic hydroxyl groups is 1. The summed E-state index contributed by atoms with van der Waals surface area (Å²) in [6.45, 7) is 2.94. The van der Waals surface area contributed by atoms with Crippen LogP contribution in [-0.2, 0) is 14.1 Å². The molecule has 0 amide bonds. The van der Waals surface area contributed by atoms with E-state index in [4.69, 9.17) is 0 Å². The summed E-state index contributed by atoms with van der Waals surface area (Å²) in [5.41, 5.74) is -1.08. The molecule has 2 N–H and O–H groups in total. The Kier molecular flexibility index (Phi) is 3.03. The van der Waals surface area contributed by atoms with Gasteiger partial charge in [0.1, 0.15) is 0 Å². The van der Waals surface area contributed by atoms with Crippen molar-refractivity contribution in [1.82, 2.24) is 24.0 Å². The highest BCUT2D eigenvalue weighted by molar-refractivity contribution is 5.70. The van der Waals surface area contributed by atoms with E-state index in [-0.39, 0.29) is 11.6 Å². The highest BCUT2D eigenvalue weighted by atomic mass is 16.3. The molecule has 0 aromatic carbocycles. The van der Waals surface area contributed by atoms with Gasteiger partial charge in [0.15, 0.2) is 11.2 Å². The first-order chi connectivity index (χ1) is 9.84. The average Bonchev–Trinajstić information content (AvgIpc) is 2.87. The van der Waals surface area contributed by atoms with Gasteiger partial charge in [0.2, 0.25) is 0 Å². The molecule has 8 nitrogen and oxygen atoms in total. The van der Waals surface area contributed by atoms with Gasteiger partial charge in [0.05, 0.1) is 18.0 Å². The summed E-state index contributed by atoms with van der Waals surface area (Å²) >= 11 is 0. The van der Waals surface area contributed by atoms with E-state index in [0.29, 0.717) is 24.1 Å². The van der Waals surface area contributed by atoms with E-state index in [1.165, 1.54) is 17.9 Å². The van der Waals surface area contributed by atoms with E-state index in [1.807, 2.05) is 0 Å². The second-order valence-electron chi connectivity index (χ2n) is 5.87. The fraction of sp³-hybridized carbons (Fsp3) is 0.615. The predicted octanol–water partition coefficient (Wildman–Crippen LogP) is -1.28. The molecule has 21 heavy (non-hydrogen) atoms.